The van der Waals surface area contributed by atoms with Crippen molar-refractivity contribution in [3.63, 3.8) is 0 Å². The summed E-state index contributed by atoms with van der Waals surface area (Å²) in [5.74, 6) is -0.939. The van der Waals surface area contributed by atoms with Crippen LogP contribution in [0.15, 0.2) is 60.8 Å². The van der Waals surface area contributed by atoms with Crippen LogP contribution in [0.5, 0.6) is 0 Å². The maximum Gasteiger partial charge on any atom is 0.469 e. The van der Waals surface area contributed by atoms with Gasteiger partial charge in [-0.05, 0) is 77.0 Å². The molecule has 288 valence electrons. The van der Waals surface area contributed by atoms with E-state index in [9.17, 15) is 14.2 Å². The van der Waals surface area contributed by atoms with E-state index < -0.39 is 32.5 Å². The highest BCUT2D eigenvalue weighted by molar-refractivity contribution is 7.46. The van der Waals surface area contributed by atoms with E-state index >= 15 is 0 Å². The minimum atomic E-state index is -4.76. The van der Waals surface area contributed by atoms with E-state index in [1.54, 1.807) is 0 Å². The summed E-state index contributed by atoms with van der Waals surface area (Å²) >= 11 is 0. The van der Waals surface area contributed by atoms with Gasteiger partial charge in [-0.3, -0.25) is 14.1 Å². The second kappa shape index (κ2) is 36.5. The van der Waals surface area contributed by atoms with Gasteiger partial charge in [0.25, 0.3) is 0 Å². The predicted octanol–water partition coefficient (Wildman–Crippen LogP) is 11.7. The third-order valence-electron chi connectivity index (χ3n) is 8.02. The summed E-state index contributed by atoms with van der Waals surface area (Å²) in [6.07, 6.45) is 45.1. The van der Waals surface area contributed by atoms with Gasteiger partial charge in [0, 0.05) is 12.8 Å². The Morgan fingerprint density at radius 2 is 0.960 bits per heavy atom. The standard InChI is InChI=1S/C41H71O8P/c1-3-5-7-9-11-13-15-17-19-20-22-24-26-28-30-32-34-36-41(43)49-39(38-48-50(44,45)46)37-47-40(42)35-33-31-29-27-25-23-21-18-16-14-12-10-8-6-4-2/h6,8,12-15,18,21,25,27,39H,3-5,7,9-11,16-17,19-20,22-24,26,28-38H2,1-2H3,(H2,44,45,46)/b8-6+,14-12+,15-13+,21-18+,27-25+/t39-/m1/s1. The Bertz CT molecular complexity index is 995. The number of esters is 2. The van der Waals surface area contributed by atoms with Gasteiger partial charge in [-0.25, -0.2) is 4.57 Å². The molecule has 0 amide bonds. The van der Waals surface area contributed by atoms with E-state index in [1.807, 2.05) is 0 Å². The first-order valence-electron chi connectivity index (χ1n) is 19.6. The third-order valence-corrected chi connectivity index (χ3v) is 8.51. The topological polar surface area (TPSA) is 119 Å². The zero-order valence-electron chi connectivity index (χ0n) is 31.5. The molecule has 0 aromatic carbocycles. The number of unbranched alkanes of at least 4 members (excludes halogenated alkanes) is 15. The molecule has 0 spiro atoms. The Labute approximate surface area is 305 Å². The molecule has 50 heavy (non-hydrogen) atoms. The number of carbonyl (C=O) groups excluding carboxylic acids is 2. The molecule has 0 heterocycles. The average Bonchev–Trinajstić information content (AvgIpc) is 3.08. The van der Waals surface area contributed by atoms with Crippen molar-refractivity contribution in [3.05, 3.63) is 60.8 Å². The molecule has 0 fully saturated rings. The highest BCUT2D eigenvalue weighted by Gasteiger charge is 2.22. The minimum absolute atomic E-state index is 0.198. The van der Waals surface area contributed by atoms with Crippen LogP contribution >= 0.6 is 7.82 Å². The van der Waals surface area contributed by atoms with Gasteiger partial charge in [0.05, 0.1) is 6.61 Å². The molecule has 0 radical (unpaired) electrons. The smallest absolute Gasteiger partial charge is 0.462 e. The Morgan fingerprint density at radius 3 is 1.50 bits per heavy atom. The molecule has 0 aliphatic carbocycles. The fraction of sp³-hybridized carbons (Fsp3) is 0.707. The molecule has 0 aliphatic rings. The monoisotopic (exact) mass is 722 g/mol. The zero-order valence-corrected chi connectivity index (χ0v) is 32.4. The number of phosphoric acid groups is 1. The summed E-state index contributed by atoms with van der Waals surface area (Å²) in [5, 5.41) is 0. The van der Waals surface area contributed by atoms with Crippen LogP contribution in [-0.2, 0) is 28.2 Å². The normalized spacial score (nSPS) is 13.1. The molecule has 0 saturated heterocycles. The third kappa shape index (κ3) is 38.6. The van der Waals surface area contributed by atoms with Crippen molar-refractivity contribution in [2.75, 3.05) is 13.2 Å². The van der Waals surface area contributed by atoms with Gasteiger partial charge in [-0.1, -0.05) is 139 Å². The summed E-state index contributed by atoms with van der Waals surface area (Å²) in [5.41, 5.74) is 0. The number of ether oxygens (including phenoxy) is 2. The van der Waals surface area contributed by atoms with Gasteiger partial charge in [0.2, 0.25) is 0 Å². The van der Waals surface area contributed by atoms with Gasteiger partial charge >= 0.3 is 19.8 Å². The summed E-state index contributed by atoms with van der Waals surface area (Å²) in [6, 6.07) is 0. The van der Waals surface area contributed by atoms with Crippen LogP contribution < -0.4 is 0 Å². The summed E-state index contributed by atoms with van der Waals surface area (Å²) in [7, 11) is -4.76. The minimum Gasteiger partial charge on any atom is -0.462 e. The SMILES string of the molecule is CC/C=C/C/C=C/C/C=C/C/C=C/CCCCC(=O)OC[C@H](COP(=O)(O)O)OC(=O)CCCCCCCCCCC/C=C/CCCCCC. The Kier molecular flexibility index (Phi) is 34.9. The molecule has 2 N–H and O–H groups in total. The molecule has 0 unspecified atom stereocenters. The average molecular weight is 723 g/mol. The van der Waals surface area contributed by atoms with Gasteiger partial charge in [-0.2, -0.15) is 0 Å². The van der Waals surface area contributed by atoms with Crippen LogP contribution in [0.2, 0.25) is 0 Å². The number of hydrogen-bond acceptors (Lipinski definition) is 6. The van der Waals surface area contributed by atoms with Crippen molar-refractivity contribution in [2.45, 2.75) is 174 Å². The Morgan fingerprint density at radius 1 is 0.540 bits per heavy atom. The number of hydrogen-bond donors (Lipinski definition) is 2. The maximum atomic E-state index is 12.4. The fourth-order valence-corrected chi connectivity index (χ4v) is 5.48. The van der Waals surface area contributed by atoms with Crippen molar-refractivity contribution in [3.8, 4) is 0 Å². The molecule has 0 saturated carbocycles. The molecule has 1 atom stereocenters. The molecule has 0 aliphatic heterocycles. The van der Waals surface area contributed by atoms with Gasteiger partial charge in [-0.15, -0.1) is 0 Å². The zero-order chi connectivity index (χ0) is 36.8. The van der Waals surface area contributed by atoms with Gasteiger partial charge in [0.1, 0.15) is 6.61 Å². The van der Waals surface area contributed by atoms with Crippen LogP contribution in [0.25, 0.3) is 0 Å². The predicted molar refractivity (Wildman–Crippen MR) is 207 cm³/mol. The highest BCUT2D eigenvalue weighted by Crippen LogP contribution is 2.36. The first-order valence-corrected chi connectivity index (χ1v) is 21.1. The van der Waals surface area contributed by atoms with Crippen molar-refractivity contribution >= 4 is 19.8 Å². The first kappa shape index (κ1) is 47.8. The number of rotatable bonds is 35. The first-order chi connectivity index (χ1) is 24.3. The van der Waals surface area contributed by atoms with Crippen LogP contribution in [0, 0.1) is 0 Å². The van der Waals surface area contributed by atoms with Crippen LogP contribution in [0.1, 0.15) is 168 Å². The lowest BCUT2D eigenvalue weighted by Gasteiger charge is -2.18. The Hall–Kier alpha value is -2.25. The maximum absolute atomic E-state index is 12.4. The van der Waals surface area contributed by atoms with E-state index in [-0.39, 0.29) is 19.4 Å². The number of carbonyl (C=O) groups is 2. The van der Waals surface area contributed by atoms with Crippen LogP contribution in [0.4, 0.5) is 0 Å². The van der Waals surface area contributed by atoms with Crippen molar-refractivity contribution in [1.29, 1.82) is 0 Å². The second-order valence-electron chi connectivity index (χ2n) is 12.9. The summed E-state index contributed by atoms with van der Waals surface area (Å²) in [4.78, 5) is 42.7. The fourth-order valence-electron chi connectivity index (χ4n) is 5.12. The molecule has 9 heteroatoms. The van der Waals surface area contributed by atoms with Crippen molar-refractivity contribution in [2.24, 2.45) is 0 Å². The largest absolute Gasteiger partial charge is 0.469 e. The highest BCUT2D eigenvalue weighted by atomic mass is 31.2. The molecule has 0 aromatic rings. The Balaban J connectivity index is 4.02. The molecule has 0 bridgehead atoms. The van der Waals surface area contributed by atoms with Crippen molar-refractivity contribution in [1.82, 2.24) is 0 Å². The number of allylic oxidation sites excluding steroid dienone is 10. The second-order valence-corrected chi connectivity index (χ2v) is 14.1. The van der Waals surface area contributed by atoms with Gasteiger partial charge in [0.15, 0.2) is 6.10 Å². The summed E-state index contributed by atoms with van der Waals surface area (Å²) in [6.45, 7) is 3.51. The van der Waals surface area contributed by atoms with E-state index in [2.05, 4.69) is 79.1 Å². The van der Waals surface area contributed by atoms with Crippen molar-refractivity contribution < 1.29 is 37.9 Å². The lowest BCUT2D eigenvalue weighted by Crippen LogP contribution is -2.29. The molecular formula is C41H71O8P. The van der Waals surface area contributed by atoms with E-state index in [4.69, 9.17) is 19.3 Å². The van der Waals surface area contributed by atoms with E-state index in [0.29, 0.717) is 12.8 Å². The van der Waals surface area contributed by atoms with Gasteiger partial charge < -0.3 is 19.3 Å². The lowest BCUT2D eigenvalue weighted by atomic mass is 10.1. The summed E-state index contributed by atoms with van der Waals surface area (Å²) < 4.78 is 26.3. The van der Waals surface area contributed by atoms with E-state index in [0.717, 1.165) is 57.8 Å². The van der Waals surface area contributed by atoms with E-state index in [1.165, 1.54) is 70.6 Å². The van der Waals surface area contributed by atoms with Crippen LogP contribution in [-0.4, -0.2) is 41.0 Å². The quantitative estimate of drug-likeness (QED) is 0.0287. The molecule has 0 rings (SSSR count). The molecular weight excluding hydrogens is 651 g/mol. The molecule has 0 aromatic heterocycles. The van der Waals surface area contributed by atoms with Crippen LogP contribution in [0.3, 0.4) is 0 Å². The molecule has 8 nitrogen and oxygen atoms in total. The number of phosphoric ester groups is 1. The lowest BCUT2D eigenvalue weighted by molar-refractivity contribution is -0.161.